The second kappa shape index (κ2) is 8.48. The molecule has 0 unspecified atom stereocenters. The van der Waals surface area contributed by atoms with Crippen LogP contribution in [0.4, 0.5) is 22.1 Å². The SMILES string of the molecule is Nc1ncnc(NCc2ccccc2)c1NC(=O)OCc1ccccc1. The molecule has 0 fully saturated rings. The third kappa shape index (κ3) is 4.70. The van der Waals surface area contributed by atoms with Gasteiger partial charge in [0.2, 0.25) is 0 Å². The Morgan fingerprint density at radius 1 is 0.962 bits per heavy atom. The van der Waals surface area contributed by atoms with E-state index in [9.17, 15) is 4.79 Å². The summed E-state index contributed by atoms with van der Waals surface area (Å²) in [5.41, 5.74) is 8.14. The first-order chi connectivity index (χ1) is 12.7. The smallest absolute Gasteiger partial charge is 0.412 e. The maximum absolute atomic E-state index is 12.1. The third-order valence-corrected chi connectivity index (χ3v) is 3.62. The first kappa shape index (κ1) is 17.2. The number of rotatable bonds is 6. The molecule has 7 heteroatoms. The van der Waals surface area contributed by atoms with Gasteiger partial charge in [-0.1, -0.05) is 60.7 Å². The Labute approximate surface area is 151 Å². The van der Waals surface area contributed by atoms with Crippen molar-refractivity contribution < 1.29 is 9.53 Å². The third-order valence-electron chi connectivity index (χ3n) is 3.62. The molecule has 1 aromatic heterocycles. The lowest BCUT2D eigenvalue weighted by Crippen LogP contribution is -2.17. The second-order valence-electron chi connectivity index (χ2n) is 5.51. The fraction of sp³-hybridized carbons (Fsp3) is 0.105. The predicted octanol–water partition coefficient (Wildman–Crippen LogP) is 3.42. The van der Waals surface area contributed by atoms with Gasteiger partial charge in [-0.3, -0.25) is 5.32 Å². The van der Waals surface area contributed by atoms with Crippen LogP contribution in [-0.4, -0.2) is 16.1 Å². The molecule has 2 aromatic carbocycles. The molecule has 7 nitrogen and oxygen atoms in total. The van der Waals surface area contributed by atoms with Crippen LogP contribution in [0.25, 0.3) is 0 Å². The fourth-order valence-corrected chi connectivity index (χ4v) is 2.30. The van der Waals surface area contributed by atoms with Gasteiger partial charge >= 0.3 is 6.09 Å². The van der Waals surface area contributed by atoms with Gasteiger partial charge in [0.25, 0.3) is 0 Å². The summed E-state index contributed by atoms with van der Waals surface area (Å²) in [5, 5.41) is 5.76. The molecule has 4 N–H and O–H groups in total. The zero-order chi connectivity index (χ0) is 18.2. The Morgan fingerprint density at radius 3 is 2.31 bits per heavy atom. The largest absolute Gasteiger partial charge is 0.444 e. The molecule has 0 radical (unpaired) electrons. The lowest BCUT2D eigenvalue weighted by Gasteiger charge is -2.13. The highest BCUT2D eigenvalue weighted by molar-refractivity contribution is 5.92. The average molecular weight is 349 g/mol. The molecular weight excluding hydrogens is 330 g/mol. The van der Waals surface area contributed by atoms with Crippen molar-refractivity contribution in [2.45, 2.75) is 13.2 Å². The van der Waals surface area contributed by atoms with Crippen molar-refractivity contribution in [1.82, 2.24) is 9.97 Å². The first-order valence-electron chi connectivity index (χ1n) is 8.08. The number of carbonyl (C=O) groups excluding carboxylic acids is 1. The summed E-state index contributed by atoms with van der Waals surface area (Å²) in [4.78, 5) is 20.2. The molecule has 1 heterocycles. The van der Waals surface area contributed by atoms with Crippen molar-refractivity contribution in [3.8, 4) is 0 Å². The standard InChI is InChI=1S/C19H19N5O2/c20-17-16(24-19(25)26-12-15-9-5-2-6-10-15)18(23-13-22-17)21-11-14-7-3-1-4-8-14/h1-10,13H,11-12H2,(H,24,25)(H3,20,21,22,23). The molecule has 3 aromatic rings. The maximum Gasteiger partial charge on any atom is 0.412 e. The van der Waals surface area contributed by atoms with Gasteiger partial charge in [0, 0.05) is 6.54 Å². The van der Waals surface area contributed by atoms with Crippen LogP contribution >= 0.6 is 0 Å². The second-order valence-corrected chi connectivity index (χ2v) is 5.51. The number of hydrogen-bond donors (Lipinski definition) is 3. The number of hydrogen-bond acceptors (Lipinski definition) is 6. The average Bonchev–Trinajstić information content (AvgIpc) is 2.68. The van der Waals surface area contributed by atoms with Crippen molar-refractivity contribution in [3.63, 3.8) is 0 Å². The summed E-state index contributed by atoms with van der Waals surface area (Å²) in [5.74, 6) is 0.588. The Balaban J connectivity index is 1.64. The van der Waals surface area contributed by atoms with Crippen molar-refractivity contribution in [1.29, 1.82) is 0 Å². The van der Waals surface area contributed by atoms with Crippen LogP contribution in [0.1, 0.15) is 11.1 Å². The van der Waals surface area contributed by atoms with Crippen LogP contribution in [0.2, 0.25) is 0 Å². The van der Waals surface area contributed by atoms with E-state index in [0.29, 0.717) is 18.1 Å². The summed E-state index contributed by atoms with van der Waals surface area (Å²) < 4.78 is 5.22. The number of amides is 1. The van der Waals surface area contributed by atoms with E-state index in [-0.39, 0.29) is 12.4 Å². The number of nitrogen functional groups attached to an aromatic ring is 1. The molecule has 26 heavy (non-hydrogen) atoms. The highest BCUT2D eigenvalue weighted by atomic mass is 16.5. The summed E-state index contributed by atoms with van der Waals surface area (Å²) in [6.45, 7) is 0.693. The Kier molecular flexibility index (Phi) is 5.61. The Hall–Kier alpha value is -3.61. The first-order valence-corrected chi connectivity index (χ1v) is 8.08. The van der Waals surface area contributed by atoms with Gasteiger partial charge in [0.15, 0.2) is 11.6 Å². The molecule has 0 spiro atoms. The van der Waals surface area contributed by atoms with Gasteiger partial charge in [-0.15, -0.1) is 0 Å². The monoisotopic (exact) mass is 349 g/mol. The molecule has 1 amide bonds. The Bertz CT molecular complexity index is 856. The molecule has 0 saturated carbocycles. The van der Waals surface area contributed by atoms with Gasteiger partial charge in [-0.2, -0.15) is 0 Å². The number of benzene rings is 2. The molecule has 132 valence electrons. The van der Waals surface area contributed by atoms with E-state index in [1.807, 2.05) is 60.7 Å². The number of anilines is 3. The number of carbonyl (C=O) groups is 1. The maximum atomic E-state index is 12.1. The van der Waals surface area contributed by atoms with Crippen LogP contribution in [0.3, 0.4) is 0 Å². The minimum Gasteiger partial charge on any atom is -0.444 e. The van der Waals surface area contributed by atoms with Gasteiger partial charge in [0.05, 0.1) is 0 Å². The fourth-order valence-electron chi connectivity index (χ4n) is 2.30. The summed E-state index contributed by atoms with van der Waals surface area (Å²) in [6, 6.07) is 19.2. The van der Waals surface area contributed by atoms with Gasteiger partial charge in [-0.25, -0.2) is 14.8 Å². The summed E-state index contributed by atoms with van der Waals surface area (Å²) in [6.07, 6.45) is 0.710. The number of aromatic nitrogens is 2. The normalized spacial score (nSPS) is 10.2. The Morgan fingerprint density at radius 2 is 1.62 bits per heavy atom. The summed E-state index contributed by atoms with van der Waals surface area (Å²) in [7, 11) is 0. The molecule has 0 aliphatic heterocycles. The lowest BCUT2D eigenvalue weighted by atomic mass is 10.2. The highest BCUT2D eigenvalue weighted by Crippen LogP contribution is 2.24. The minimum atomic E-state index is -0.627. The van der Waals surface area contributed by atoms with E-state index in [2.05, 4.69) is 20.6 Å². The molecule has 0 aliphatic rings. The number of nitrogens with two attached hydrogens (primary N) is 1. The molecule has 0 aliphatic carbocycles. The minimum absolute atomic E-state index is 0.159. The van der Waals surface area contributed by atoms with E-state index in [1.165, 1.54) is 6.33 Å². The molecule has 3 rings (SSSR count). The van der Waals surface area contributed by atoms with Crippen LogP contribution in [0, 0.1) is 0 Å². The van der Waals surface area contributed by atoms with Crippen molar-refractivity contribution in [3.05, 3.63) is 78.1 Å². The van der Waals surface area contributed by atoms with Crippen molar-refractivity contribution in [2.75, 3.05) is 16.4 Å². The number of nitrogens with zero attached hydrogens (tertiary/aromatic N) is 2. The zero-order valence-corrected chi connectivity index (χ0v) is 14.1. The number of ether oxygens (including phenoxy) is 1. The molecular formula is C19H19N5O2. The van der Waals surface area contributed by atoms with E-state index < -0.39 is 6.09 Å². The van der Waals surface area contributed by atoms with Crippen LogP contribution < -0.4 is 16.4 Å². The quantitative estimate of drug-likeness (QED) is 0.630. The molecule has 0 atom stereocenters. The van der Waals surface area contributed by atoms with Crippen molar-refractivity contribution in [2.24, 2.45) is 0 Å². The van der Waals surface area contributed by atoms with Crippen molar-refractivity contribution >= 4 is 23.4 Å². The van der Waals surface area contributed by atoms with Crippen LogP contribution in [0.5, 0.6) is 0 Å². The van der Waals surface area contributed by atoms with Gasteiger partial charge < -0.3 is 15.8 Å². The topological polar surface area (TPSA) is 102 Å². The van der Waals surface area contributed by atoms with Gasteiger partial charge in [-0.05, 0) is 11.1 Å². The summed E-state index contributed by atoms with van der Waals surface area (Å²) >= 11 is 0. The van der Waals surface area contributed by atoms with Gasteiger partial charge in [0.1, 0.15) is 18.6 Å². The highest BCUT2D eigenvalue weighted by Gasteiger charge is 2.13. The molecule has 0 bridgehead atoms. The van der Waals surface area contributed by atoms with Crippen LogP contribution in [-0.2, 0) is 17.9 Å². The predicted molar refractivity (Wildman–Crippen MR) is 100 cm³/mol. The van der Waals surface area contributed by atoms with E-state index in [1.54, 1.807) is 0 Å². The van der Waals surface area contributed by atoms with Crippen LogP contribution in [0.15, 0.2) is 67.0 Å². The van der Waals surface area contributed by atoms with E-state index >= 15 is 0 Å². The lowest BCUT2D eigenvalue weighted by molar-refractivity contribution is 0.155. The zero-order valence-electron chi connectivity index (χ0n) is 14.1. The van der Waals surface area contributed by atoms with E-state index in [4.69, 9.17) is 10.5 Å². The molecule has 0 saturated heterocycles. The number of nitrogens with one attached hydrogen (secondary N) is 2. The van der Waals surface area contributed by atoms with E-state index in [0.717, 1.165) is 11.1 Å².